The van der Waals surface area contributed by atoms with Crippen molar-refractivity contribution in [2.75, 3.05) is 20.1 Å². The number of hydrogen-bond acceptors (Lipinski definition) is 3. The molecule has 0 bridgehead atoms. The number of halogens is 7. The van der Waals surface area contributed by atoms with Crippen LogP contribution in [0.3, 0.4) is 0 Å². The average molecular weight is 623 g/mol. The number of hydrogen-bond donors (Lipinski definition) is 1. The number of piperidine rings is 1. The van der Waals surface area contributed by atoms with E-state index in [2.05, 4.69) is 4.90 Å². The molecule has 44 heavy (non-hydrogen) atoms. The van der Waals surface area contributed by atoms with E-state index in [1.54, 1.807) is 11.9 Å². The Morgan fingerprint density at radius 2 is 1.36 bits per heavy atom. The number of aliphatic hydroxyl groups excluding tert-OH is 1. The van der Waals surface area contributed by atoms with Crippen molar-refractivity contribution < 1.29 is 35.8 Å². The van der Waals surface area contributed by atoms with E-state index < -0.39 is 41.7 Å². The van der Waals surface area contributed by atoms with Gasteiger partial charge in [0.05, 0.1) is 11.1 Å². The molecule has 2 fully saturated rings. The summed E-state index contributed by atoms with van der Waals surface area (Å²) >= 11 is 0. The quantitative estimate of drug-likeness (QED) is 0.212. The van der Waals surface area contributed by atoms with Crippen LogP contribution in [0.25, 0.3) is 0 Å². The SMILES string of the molecule is CN(C(O)Cc1cc(C(F)(F)F)cc(C(F)(F)F)c1)[C@]1(c2ccccc2)CC[C@@H](N2CCC(c3ccc(F)cc3)CC2)CC1. The van der Waals surface area contributed by atoms with Crippen molar-refractivity contribution in [3.63, 3.8) is 0 Å². The summed E-state index contributed by atoms with van der Waals surface area (Å²) in [6.07, 6.45) is -6.67. The molecule has 0 radical (unpaired) electrons. The fourth-order valence-electron chi connectivity index (χ4n) is 7.14. The van der Waals surface area contributed by atoms with Gasteiger partial charge < -0.3 is 10.0 Å². The predicted octanol–water partition coefficient (Wildman–Crippen LogP) is 8.37. The first-order valence-corrected chi connectivity index (χ1v) is 15.0. The molecule has 1 aliphatic heterocycles. The molecule has 2 aliphatic rings. The molecule has 1 N–H and O–H groups in total. The molecule has 10 heteroatoms. The first-order valence-electron chi connectivity index (χ1n) is 15.0. The summed E-state index contributed by atoms with van der Waals surface area (Å²) < 4.78 is 94.1. The molecule has 1 saturated heterocycles. The Balaban J connectivity index is 1.31. The molecule has 3 aromatic rings. The fourth-order valence-corrected chi connectivity index (χ4v) is 7.14. The minimum Gasteiger partial charge on any atom is -0.378 e. The maximum atomic E-state index is 13.5. The van der Waals surface area contributed by atoms with Crippen molar-refractivity contribution in [3.05, 3.63) is 106 Å². The Bertz CT molecular complexity index is 1340. The molecular weight excluding hydrogens is 585 g/mol. The maximum Gasteiger partial charge on any atom is 0.416 e. The van der Waals surface area contributed by atoms with E-state index in [1.807, 2.05) is 42.5 Å². The number of nitrogens with zero attached hydrogens (tertiary/aromatic N) is 2. The minimum absolute atomic E-state index is 0.106. The second-order valence-electron chi connectivity index (χ2n) is 12.2. The lowest BCUT2D eigenvalue weighted by atomic mass is 9.72. The van der Waals surface area contributed by atoms with Gasteiger partial charge in [0.25, 0.3) is 0 Å². The third-order valence-corrected chi connectivity index (χ3v) is 9.67. The van der Waals surface area contributed by atoms with Gasteiger partial charge in [-0.25, -0.2) is 4.39 Å². The lowest BCUT2D eigenvalue weighted by molar-refractivity contribution is -0.143. The summed E-state index contributed by atoms with van der Waals surface area (Å²) in [5.74, 6) is 0.139. The largest absolute Gasteiger partial charge is 0.416 e. The molecule has 3 aromatic carbocycles. The van der Waals surface area contributed by atoms with Crippen molar-refractivity contribution in [2.45, 2.75) is 81.0 Å². The normalized spacial score (nSPS) is 23.2. The Labute approximate surface area is 253 Å². The van der Waals surface area contributed by atoms with E-state index in [0.717, 1.165) is 49.9 Å². The van der Waals surface area contributed by atoms with Gasteiger partial charge in [-0.3, -0.25) is 4.90 Å². The van der Waals surface area contributed by atoms with Gasteiger partial charge in [0.15, 0.2) is 0 Å². The topological polar surface area (TPSA) is 26.7 Å². The lowest BCUT2D eigenvalue weighted by Crippen LogP contribution is -2.54. The summed E-state index contributed by atoms with van der Waals surface area (Å²) in [6.45, 7) is 1.83. The van der Waals surface area contributed by atoms with Crippen LogP contribution < -0.4 is 0 Å². The Hall–Kier alpha value is -2.95. The number of aliphatic hydroxyl groups is 1. The molecular formula is C34H37F7N2O. The second-order valence-corrected chi connectivity index (χ2v) is 12.2. The van der Waals surface area contributed by atoms with E-state index in [4.69, 9.17) is 0 Å². The van der Waals surface area contributed by atoms with Crippen molar-refractivity contribution in [1.29, 1.82) is 0 Å². The maximum absolute atomic E-state index is 13.5. The fraction of sp³-hybridized carbons (Fsp3) is 0.471. The Kier molecular flexibility index (Phi) is 9.44. The zero-order valence-electron chi connectivity index (χ0n) is 24.5. The first-order chi connectivity index (χ1) is 20.8. The van der Waals surface area contributed by atoms with E-state index >= 15 is 0 Å². The third-order valence-electron chi connectivity index (χ3n) is 9.67. The molecule has 0 spiro atoms. The highest BCUT2D eigenvalue weighted by molar-refractivity contribution is 5.34. The molecule has 0 amide bonds. The van der Waals surface area contributed by atoms with Crippen LogP contribution in [-0.2, 0) is 24.3 Å². The van der Waals surface area contributed by atoms with Gasteiger partial charge >= 0.3 is 12.4 Å². The summed E-state index contributed by atoms with van der Waals surface area (Å²) in [7, 11) is 1.70. The predicted molar refractivity (Wildman–Crippen MR) is 154 cm³/mol. The van der Waals surface area contributed by atoms with E-state index in [0.29, 0.717) is 36.9 Å². The molecule has 1 heterocycles. The van der Waals surface area contributed by atoms with Gasteiger partial charge in [-0.15, -0.1) is 0 Å². The number of benzene rings is 3. The number of likely N-dealkylation sites (tertiary alicyclic amines) is 1. The monoisotopic (exact) mass is 622 g/mol. The van der Waals surface area contributed by atoms with Gasteiger partial charge in [-0.05, 0) is 112 Å². The summed E-state index contributed by atoms with van der Waals surface area (Å²) in [6, 6.07) is 18.1. The van der Waals surface area contributed by atoms with Crippen LogP contribution in [0.15, 0.2) is 72.8 Å². The van der Waals surface area contributed by atoms with Crippen LogP contribution >= 0.6 is 0 Å². The van der Waals surface area contributed by atoms with E-state index in [-0.39, 0.29) is 17.4 Å². The van der Waals surface area contributed by atoms with Crippen LogP contribution in [0, 0.1) is 5.82 Å². The van der Waals surface area contributed by atoms with Gasteiger partial charge in [0.1, 0.15) is 12.0 Å². The zero-order valence-corrected chi connectivity index (χ0v) is 24.5. The molecule has 1 aliphatic carbocycles. The highest BCUT2D eigenvalue weighted by Gasteiger charge is 2.44. The van der Waals surface area contributed by atoms with Crippen molar-refractivity contribution in [2.24, 2.45) is 0 Å². The number of likely N-dealkylation sites (N-methyl/N-ethyl adjacent to an activating group) is 1. The van der Waals surface area contributed by atoms with Gasteiger partial charge in [0.2, 0.25) is 0 Å². The summed E-state index contributed by atoms with van der Waals surface area (Å²) in [4.78, 5) is 4.22. The molecule has 3 nitrogen and oxygen atoms in total. The molecule has 0 aromatic heterocycles. The van der Waals surface area contributed by atoms with Crippen molar-refractivity contribution in [3.8, 4) is 0 Å². The van der Waals surface area contributed by atoms with Crippen LogP contribution in [0.5, 0.6) is 0 Å². The standard InChI is InChI=1S/C34H37F7N2O/c1-42(31(44)21-23-19-27(33(36,37)38)22-28(20-23)34(39,40)41)32(26-5-3-2-4-6-26)15-11-30(12-16-32)43-17-13-25(14-18-43)24-7-9-29(35)10-8-24/h2-10,19-20,22,25,30-31,44H,11-18,21H2,1H3/t30-,31?,32-. The minimum atomic E-state index is -4.95. The molecule has 238 valence electrons. The van der Waals surface area contributed by atoms with Crippen LogP contribution in [0.1, 0.15) is 72.3 Å². The average Bonchev–Trinajstić information content (AvgIpc) is 3.00. The van der Waals surface area contributed by atoms with Gasteiger partial charge in [-0.2, -0.15) is 26.3 Å². The lowest BCUT2D eigenvalue weighted by Gasteiger charge is -2.51. The third kappa shape index (κ3) is 7.13. The van der Waals surface area contributed by atoms with Crippen LogP contribution in [0.4, 0.5) is 30.7 Å². The first kappa shape index (κ1) is 32.4. The van der Waals surface area contributed by atoms with Crippen molar-refractivity contribution in [1.82, 2.24) is 9.80 Å². The Morgan fingerprint density at radius 3 is 1.89 bits per heavy atom. The van der Waals surface area contributed by atoms with Crippen molar-refractivity contribution >= 4 is 0 Å². The number of rotatable bonds is 7. The van der Waals surface area contributed by atoms with Crippen LogP contribution in [0.2, 0.25) is 0 Å². The molecule has 1 unspecified atom stereocenters. The van der Waals surface area contributed by atoms with Gasteiger partial charge in [0, 0.05) is 18.0 Å². The van der Waals surface area contributed by atoms with Gasteiger partial charge in [-0.1, -0.05) is 42.5 Å². The van der Waals surface area contributed by atoms with Crippen LogP contribution in [-0.4, -0.2) is 47.3 Å². The number of alkyl halides is 6. The second kappa shape index (κ2) is 12.8. The molecule has 1 atom stereocenters. The molecule has 1 saturated carbocycles. The highest BCUT2D eigenvalue weighted by Crippen LogP contribution is 2.45. The molecule has 5 rings (SSSR count). The van der Waals surface area contributed by atoms with E-state index in [1.165, 1.54) is 12.1 Å². The zero-order chi connectivity index (χ0) is 31.7. The Morgan fingerprint density at radius 1 is 0.818 bits per heavy atom. The summed E-state index contributed by atoms with van der Waals surface area (Å²) in [5, 5.41) is 11.3. The highest BCUT2D eigenvalue weighted by atomic mass is 19.4. The van der Waals surface area contributed by atoms with E-state index in [9.17, 15) is 35.8 Å². The smallest absolute Gasteiger partial charge is 0.378 e. The summed E-state index contributed by atoms with van der Waals surface area (Å²) in [5.41, 5.74) is -1.55.